The largest absolute Gasteiger partial charge is 0.486 e. The Morgan fingerprint density at radius 2 is 1.72 bits per heavy atom. The average molecular weight is 525 g/mol. The second-order valence-electron chi connectivity index (χ2n) is 10.1. The number of ether oxygens (including phenoxy) is 2. The molecule has 2 aliphatic heterocycles. The summed E-state index contributed by atoms with van der Waals surface area (Å²) in [6, 6.07) is 4.94. The second kappa shape index (κ2) is 13.6. The zero-order valence-corrected chi connectivity index (χ0v) is 21.4. The van der Waals surface area contributed by atoms with E-state index < -0.39 is 22.0 Å². The van der Waals surface area contributed by atoms with Crippen molar-refractivity contribution in [3.8, 4) is 11.5 Å². The average Bonchev–Trinajstić information content (AvgIpc) is 3.39. The Labute approximate surface area is 216 Å². The van der Waals surface area contributed by atoms with Gasteiger partial charge in [0.1, 0.15) is 19.3 Å². The van der Waals surface area contributed by atoms with Crippen LogP contribution in [0.25, 0.3) is 0 Å². The summed E-state index contributed by atoms with van der Waals surface area (Å²) in [6.07, 6.45) is 7.30. The van der Waals surface area contributed by atoms with Gasteiger partial charge in [0, 0.05) is 13.0 Å². The summed E-state index contributed by atoms with van der Waals surface area (Å²) >= 11 is 0. The molecule has 4 rings (SSSR count). The Morgan fingerprint density at radius 1 is 1.03 bits per heavy atom. The van der Waals surface area contributed by atoms with Gasteiger partial charge in [-0.2, -0.15) is 0 Å². The van der Waals surface area contributed by atoms with Gasteiger partial charge in [-0.05, 0) is 69.3 Å². The normalized spacial score (nSPS) is 20.4. The standard InChI is InChI=1S/C26H40N2O6S.CH4/c29-25(10-4-7-17-35(31,32)21-8-2-1-3-9-21)27-22(19-28-13-5-6-14-28)26(30)20-11-12-23-24(18-20)34-16-15-33-23;/h11-12,18,21-22,26,30H,1-10,13-17,19H2,(H,27,29);1H4/t22-,26-;/m1./s1. The number of amides is 1. The molecule has 0 radical (unpaired) electrons. The molecule has 0 aromatic heterocycles. The molecule has 8 nitrogen and oxygen atoms in total. The Morgan fingerprint density at radius 3 is 2.44 bits per heavy atom. The fraction of sp³-hybridized carbons (Fsp3) is 0.741. The highest BCUT2D eigenvalue weighted by Gasteiger charge is 2.29. The van der Waals surface area contributed by atoms with Gasteiger partial charge in [0.25, 0.3) is 0 Å². The maximum Gasteiger partial charge on any atom is 0.220 e. The number of hydrogen-bond donors (Lipinski definition) is 2. The molecular weight excluding hydrogens is 480 g/mol. The molecule has 1 saturated carbocycles. The lowest BCUT2D eigenvalue weighted by atomic mass is 10.0. The lowest BCUT2D eigenvalue weighted by Gasteiger charge is -2.29. The summed E-state index contributed by atoms with van der Waals surface area (Å²) in [4.78, 5) is 15.1. The van der Waals surface area contributed by atoms with E-state index in [2.05, 4.69) is 10.2 Å². The summed E-state index contributed by atoms with van der Waals surface area (Å²) in [5.41, 5.74) is 0.678. The third-order valence-electron chi connectivity index (χ3n) is 7.43. The van der Waals surface area contributed by atoms with E-state index in [-0.39, 0.29) is 30.8 Å². The first-order chi connectivity index (χ1) is 16.9. The number of benzene rings is 1. The van der Waals surface area contributed by atoms with E-state index in [1.54, 1.807) is 12.1 Å². The van der Waals surface area contributed by atoms with E-state index in [4.69, 9.17) is 9.47 Å². The topological polar surface area (TPSA) is 105 Å². The Hall–Kier alpha value is -1.84. The van der Waals surface area contributed by atoms with Crippen molar-refractivity contribution in [1.29, 1.82) is 0 Å². The third kappa shape index (κ3) is 7.83. The van der Waals surface area contributed by atoms with Crippen LogP contribution < -0.4 is 14.8 Å². The molecule has 1 aliphatic carbocycles. The molecule has 2 heterocycles. The van der Waals surface area contributed by atoms with Crippen LogP contribution in [-0.4, -0.2) is 74.2 Å². The van der Waals surface area contributed by atoms with Crippen molar-refractivity contribution in [2.24, 2.45) is 0 Å². The van der Waals surface area contributed by atoms with Crippen molar-refractivity contribution in [2.75, 3.05) is 38.6 Å². The minimum Gasteiger partial charge on any atom is -0.486 e. The van der Waals surface area contributed by atoms with Gasteiger partial charge in [-0.25, -0.2) is 8.42 Å². The van der Waals surface area contributed by atoms with Gasteiger partial charge < -0.3 is 24.8 Å². The van der Waals surface area contributed by atoms with E-state index >= 15 is 0 Å². The van der Waals surface area contributed by atoms with E-state index in [1.807, 2.05) is 6.07 Å². The van der Waals surface area contributed by atoms with Crippen LogP contribution in [-0.2, 0) is 14.6 Å². The molecule has 1 amide bonds. The number of fused-ring (bicyclic) bond motifs is 1. The van der Waals surface area contributed by atoms with Crippen molar-refractivity contribution >= 4 is 15.7 Å². The van der Waals surface area contributed by atoms with E-state index in [9.17, 15) is 18.3 Å². The highest BCUT2D eigenvalue weighted by Crippen LogP contribution is 2.33. The second-order valence-corrected chi connectivity index (χ2v) is 12.5. The summed E-state index contributed by atoms with van der Waals surface area (Å²) in [7, 11) is -3.08. The number of nitrogens with zero attached hydrogens (tertiary/aromatic N) is 1. The summed E-state index contributed by atoms with van der Waals surface area (Å²) in [5, 5.41) is 14.0. The van der Waals surface area contributed by atoms with Gasteiger partial charge >= 0.3 is 0 Å². The fourth-order valence-electron chi connectivity index (χ4n) is 5.40. The van der Waals surface area contributed by atoms with Crippen molar-refractivity contribution in [3.63, 3.8) is 0 Å². The molecule has 1 aromatic carbocycles. The smallest absolute Gasteiger partial charge is 0.220 e. The van der Waals surface area contributed by atoms with E-state index in [0.29, 0.717) is 49.7 Å². The van der Waals surface area contributed by atoms with Crippen LogP contribution in [0, 0.1) is 0 Å². The molecule has 0 spiro atoms. The third-order valence-corrected chi connectivity index (χ3v) is 9.78. The monoisotopic (exact) mass is 524 g/mol. The predicted molar refractivity (Wildman–Crippen MR) is 141 cm³/mol. The first-order valence-electron chi connectivity index (χ1n) is 13.2. The molecular formula is C27H44N2O6S. The maximum absolute atomic E-state index is 12.8. The van der Waals surface area contributed by atoms with E-state index in [0.717, 1.165) is 58.0 Å². The van der Waals surface area contributed by atoms with Crippen LogP contribution >= 0.6 is 0 Å². The van der Waals surface area contributed by atoms with Crippen molar-refractivity contribution < 1.29 is 27.8 Å². The molecule has 0 unspecified atom stereocenters. The number of carbonyl (C=O) groups excluding carboxylic acids is 1. The molecule has 3 aliphatic rings. The number of hydrogen-bond acceptors (Lipinski definition) is 7. The number of aliphatic hydroxyl groups excluding tert-OH is 1. The van der Waals surface area contributed by atoms with Crippen molar-refractivity contribution in [2.45, 2.75) is 89.0 Å². The SMILES string of the molecule is C.O=C(CCCCS(=O)(=O)C1CCCCC1)N[C@H](CN1CCCC1)[C@H](O)c1ccc2c(c1)OCCO2. The Kier molecular flexibility index (Phi) is 10.9. The number of sulfone groups is 1. The summed E-state index contributed by atoms with van der Waals surface area (Å²) in [6.45, 7) is 3.46. The maximum atomic E-state index is 12.8. The molecule has 2 N–H and O–H groups in total. The summed E-state index contributed by atoms with van der Waals surface area (Å²) < 4.78 is 36.4. The first-order valence-corrected chi connectivity index (χ1v) is 14.9. The number of aliphatic hydroxyl groups is 1. The van der Waals surface area contributed by atoms with Crippen molar-refractivity contribution in [1.82, 2.24) is 10.2 Å². The number of nitrogens with one attached hydrogen (secondary N) is 1. The molecule has 0 bridgehead atoms. The highest BCUT2D eigenvalue weighted by molar-refractivity contribution is 7.92. The molecule has 36 heavy (non-hydrogen) atoms. The number of rotatable bonds is 11. The van der Waals surface area contributed by atoms with E-state index in [1.165, 1.54) is 0 Å². The quantitative estimate of drug-likeness (QED) is 0.426. The molecule has 1 saturated heterocycles. The zero-order chi connectivity index (χ0) is 24.7. The minimum absolute atomic E-state index is 0. The zero-order valence-electron chi connectivity index (χ0n) is 20.6. The fourth-order valence-corrected chi connectivity index (χ4v) is 7.39. The van der Waals surface area contributed by atoms with Crippen LogP contribution in [0.15, 0.2) is 18.2 Å². The van der Waals surface area contributed by atoms with Gasteiger partial charge in [0.2, 0.25) is 5.91 Å². The van der Waals surface area contributed by atoms with Gasteiger partial charge in [-0.15, -0.1) is 0 Å². The lowest BCUT2D eigenvalue weighted by molar-refractivity contribution is -0.123. The van der Waals surface area contributed by atoms with Gasteiger partial charge in [-0.3, -0.25) is 4.79 Å². The first kappa shape index (κ1) is 28.7. The van der Waals surface area contributed by atoms with Crippen LogP contribution in [0.3, 0.4) is 0 Å². The Balaban J connectivity index is 0.00000361. The summed E-state index contributed by atoms with van der Waals surface area (Å²) in [5.74, 6) is 1.27. The number of carbonyl (C=O) groups is 1. The number of unbranched alkanes of at least 4 members (excludes halogenated alkanes) is 1. The lowest BCUT2D eigenvalue weighted by Crippen LogP contribution is -2.46. The predicted octanol–water partition coefficient (Wildman–Crippen LogP) is 3.63. The molecule has 2 fully saturated rings. The van der Waals surface area contributed by atoms with Gasteiger partial charge in [0.15, 0.2) is 21.3 Å². The Bertz CT molecular complexity index is 942. The van der Waals surface area contributed by atoms with Crippen LogP contribution in [0.4, 0.5) is 0 Å². The van der Waals surface area contributed by atoms with Crippen LogP contribution in [0.5, 0.6) is 11.5 Å². The molecule has 9 heteroatoms. The molecule has 2 atom stereocenters. The van der Waals surface area contributed by atoms with Crippen molar-refractivity contribution in [3.05, 3.63) is 23.8 Å². The molecule has 1 aromatic rings. The van der Waals surface area contributed by atoms with Gasteiger partial charge in [0.05, 0.1) is 17.0 Å². The minimum atomic E-state index is -3.08. The number of likely N-dealkylation sites (tertiary alicyclic amines) is 1. The molecule has 204 valence electrons. The van der Waals surface area contributed by atoms with Crippen LogP contribution in [0.2, 0.25) is 0 Å². The highest BCUT2D eigenvalue weighted by atomic mass is 32.2. The van der Waals surface area contributed by atoms with Crippen LogP contribution in [0.1, 0.15) is 83.3 Å². The van der Waals surface area contributed by atoms with Gasteiger partial charge in [-0.1, -0.05) is 32.8 Å².